The van der Waals surface area contributed by atoms with Crippen LogP contribution in [0.4, 0.5) is 5.82 Å². The Morgan fingerprint density at radius 2 is 2.13 bits per heavy atom. The lowest BCUT2D eigenvalue weighted by Crippen LogP contribution is -2.52. The van der Waals surface area contributed by atoms with E-state index >= 15 is 0 Å². The second-order valence-corrected chi connectivity index (χ2v) is 8.14. The lowest BCUT2D eigenvalue weighted by Gasteiger charge is -2.41. The zero-order chi connectivity index (χ0) is 21.8. The predicted octanol–water partition coefficient (Wildman–Crippen LogP) is 2.30. The SMILES string of the molecule is Cc1c(Cl)cccc1OCC(=O)N1CC(CNC(=O)c2nonc2N)C(C)CC1C. The number of nitrogen functional groups attached to an aromatic ring is 1. The highest BCUT2D eigenvalue weighted by Crippen LogP contribution is 2.28. The number of amides is 2. The van der Waals surface area contributed by atoms with Crippen molar-refractivity contribution in [3.05, 3.63) is 34.5 Å². The molecule has 10 heteroatoms. The molecule has 2 aromatic rings. The molecule has 30 heavy (non-hydrogen) atoms. The van der Waals surface area contributed by atoms with Crippen LogP contribution in [0.5, 0.6) is 5.75 Å². The molecule has 0 saturated carbocycles. The smallest absolute Gasteiger partial charge is 0.277 e. The molecule has 0 aliphatic carbocycles. The Hall–Kier alpha value is -2.81. The van der Waals surface area contributed by atoms with E-state index in [4.69, 9.17) is 22.1 Å². The zero-order valence-electron chi connectivity index (χ0n) is 17.2. The molecule has 0 radical (unpaired) electrons. The lowest BCUT2D eigenvalue weighted by molar-refractivity contribution is -0.138. The number of benzene rings is 1. The fraction of sp³-hybridized carbons (Fsp3) is 0.500. The number of nitrogens with one attached hydrogen (secondary N) is 1. The van der Waals surface area contributed by atoms with Gasteiger partial charge >= 0.3 is 0 Å². The second-order valence-electron chi connectivity index (χ2n) is 7.73. The van der Waals surface area contributed by atoms with Crippen molar-refractivity contribution in [3.63, 3.8) is 0 Å². The van der Waals surface area contributed by atoms with Gasteiger partial charge in [0, 0.05) is 29.7 Å². The molecule has 2 heterocycles. The molecule has 3 N–H and O–H groups in total. The van der Waals surface area contributed by atoms with Crippen LogP contribution in [0.1, 0.15) is 36.3 Å². The summed E-state index contributed by atoms with van der Waals surface area (Å²) in [5.74, 6) is 0.406. The van der Waals surface area contributed by atoms with Crippen molar-refractivity contribution in [1.29, 1.82) is 0 Å². The summed E-state index contributed by atoms with van der Waals surface area (Å²) in [4.78, 5) is 26.9. The molecule has 1 fully saturated rings. The Morgan fingerprint density at radius 3 is 2.83 bits per heavy atom. The molecule has 3 unspecified atom stereocenters. The minimum atomic E-state index is -0.447. The van der Waals surface area contributed by atoms with E-state index in [9.17, 15) is 9.59 Å². The number of carbonyl (C=O) groups excluding carboxylic acids is 2. The molecule has 1 aliphatic rings. The number of nitrogens with two attached hydrogens (primary N) is 1. The maximum Gasteiger partial charge on any atom is 0.277 e. The van der Waals surface area contributed by atoms with Gasteiger partial charge in [-0.3, -0.25) is 9.59 Å². The molecule has 2 amide bonds. The van der Waals surface area contributed by atoms with Crippen LogP contribution in [0.25, 0.3) is 0 Å². The first-order valence-corrected chi connectivity index (χ1v) is 10.2. The minimum absolute atomic E-state index is 0.0370. The summed E-state index contributed by atoms with van der Waals surface area (Å²) in [5, 5.41) is 10.3. The highest BCUT2D eigenvalue weighted by molar-refractivity contribution is 6.31. The van der Waals surface area contributed by atoms with Crippen molar-refractivity contribution in [1.82, 2.24) is 20.5 Å². The monoisotopic (exact) mass is 435 g/mol. The highest BCUT2D eigenvalue weighted by Gasteiger charge is 2.34. The molecule has 1 saturated heterocycles. The summed E-state index contributed by atoms with van der Waals surface area (Å²) in [6, 6.07) is 5.44. The van der Waals surface area contributed by atoms with Crippen molar-refractivity contribution < 1.29 is 19.0 Å². The number of likely N-dealkylation sites (tertiary alicyclic amines) is 1. The molecule has 1 aliphatic heterocycles. The third-order valence-corrected chi connectivity index (χ3v) is 6.03. The van der Waals surface area contributed by atoms with Gasteiger partial charge < -0.3 is 20.7 Å². The number of rotatable bonds is 6. The number of carbonyl (C=O) groups is 2. The van der Waals surface area contributed by atoms with Gasteiger partial charge in [0.15, 0.2) is 6.61 Å². The molecular weight excluding hydrogens is 410 g/mol. The quantitative estimate of drug-likeness (QED) is 0.713. The average molecular weight is 436 g/mol. The van der Waals surface area contributed by atoms with E-state index in [0.717, 1.165) is 12.0 Å². The number of ether oxygens (including phenoxy) is 1. The molecule has 9 nitrogen and oxygen atoms in total. The van der Waals surface area contributed by atoms with Gasteiger partial charge in [-0.25, -0.2) is 4.63 Å². The van der Waals surface area contributed by atoms with E-state index in [1.54, 1.807) is 18.2 Å². The van der Waals surface area contributed by atoms with Crippen LogP contribution < -0.4 is 15.8 Å². The summed E-state index contributed by atoms with van der Waals surface area (Å²) in [6.07, 6.45) is 0.829. The van der Waals surface area contributed by atoms with Crippen LogP contribution in [0.15, 0.2) is 22.8 Å². The molecule has 0 bridgehead atoms. The second kappa shape index (κ2) is 9.34. The number of anilines is 1. The van der Waals surface area contributed by atoms with Crippen molar-refractivity contribution in [2.75, 3.05) is 25.4 Å². The molecule has 1 aromatic heterocycles. The minimum Gasteiger partial charge on any atom is -0.483 e. The normalized spacial score (nSPS) is 21.3. The van der Waals surface area contributed by atoms with Gasteiger partial charge in [0.2, 0.25) is 11.5 Å². The summed E-state index contributed by atoms with van der Waals surface area (Å²) in [6.45, 7) is 6.83. The summed E-state index contributed by atoms with van der Waals surface area (Å²) >= 11 is 6.11. The molecule has 162 valence electrons. The van der Waals surface area contributed by atoms with E-state index < -0.39 is 5.91 Å². The first kappa shape index (κ1) is 21.9. The number of hydrogen-bond acceptors (Lipinski definition) is 7. The molecule has 1 aromatic carbocycles. The highest BCUT2D eigenvalue weighted by atomic mass is 35.5. The standard InChI is InChI=1S/C20H26ClN5O4/c1-11-7-12(2)26(17(27)10-29-16-6-4-5-15(21)13(16)3)9-14(11)8-23-20(28)18-19(22)25-30-24-18/h4-6,11-12,14H,7-10H2,1-3H3,(H2,22,25)(H,23,28). The fourth-order valence-corrected chi connectivity index (χ4v) is 3.88. The molecule has 3 rings (SSSR count). The van der Waals surface area contributed by atoms with E-state index in [1.807, 2.05) is 18.7 Å². The Bertz CT molecular complexity index is 918. The predicted molar refractivity (Wildman–Crippen MR) is 111 cm³/mol. The van der Waals surface area contributed by atoms with Gasteiger partial charge in [-0.2, -0.15) is 0 Å². The van der Waals surface area contributed by atoms with Crippen LogP contribution in [-0.2, 0) is 4.79 Å². The topological polar surface area (TPSA) is 124 Å². The Kier molecular flexibility index (Phi) is 6.81. The Labute approximate surface area is 179 Å². The van der Waals surface area contributed by atoms with Crippen molar-refractivity contribution >= 4 is 29.2 Å². The van der Waals surface area contributed by atoms with Crippen molar-refractivity contribution in [3.8, 4) is 5.75 Å². The number of halogens is 1. The Morgan fingerprint density at radius 1 is 1.37 bits per heavy atom. The lowest BCUT2D eigenvalue weighted by atomic mass is 9.83. The fourth-order valence-electron chi connectivity index (χ4n) is 3.71. The summed E-state index contributed by atoms with van der Waals surface area (Å²) in [5.41, 5.74) is 6.32. The van der Waals surface area contributed by atoms with Gasteiger partial charge in [0.05, 0.1) is 0 Å². The van der Waals surface area contributed by atoms with E-state index in [0.29, 0.717) is 29.8 Å². The number of aromatic nitrogens is 2. The number of piperidine rings is 1. The number of hydrogen-bond donors (Lipinski definition) is 2. The summed E-state index contributed by atoms with van der Waals surface area (Å²) < 4.78 is 10.2. The van der Waals surface area contributed by atoms with E-state index in [2.05, 4.69) is 27.2 Å². The van der Waals surface area contributed by atoms with Gasteiger partial charge in [0.25, 0.3) is 11.8 Å². The molecular formula is C20H26ClN5O4. The van der Waals surface area contributed by atoms with E-state index in [1.165, 1.54) is 0 Å². The number of nitrogens with zero attached hydrogens (tertiary/aromatic N) is 3. The third-order valence-electron chi connectivity index (χ3n) is 5.62. The zero-order valence-corrected chi connectivity index (χ0v) is 18.0. The largest absolute Gasteiger partial charge is 0.483 e. The van der Waals surface area contributed by atoms with Crippen molar-refractivity contribution in [2.45, 2.75) is 33.2 Å². The first-order chi connectivity index (χ1) is 14.3. The Balaban J connectivity index is 1.58. The first-order valence-electron chi connectivity index (χ1n) is 9.81. The average Bonchev–Trinajstić information content (AvgIpc) is 3.14. The molecule has 0 spiro atoms. The van der Waals surface area contributed by atoms with Crippen LogP contribution in [0, 0.1) is 18.8 Å². The van der Waals surface area contributed by atoms with Gasteiger partial charge in [0.1, 0.15) is 5.75 Å². The molecule has 3 atom stereocenters. The maximum atomic E-state index is 12.8. The van der Waals surface area contributed by atoms with Crippen LogP contribution in [0.3, 0.4) is 0 Å². The maximum absolute atomic E-state index is 12.8. The van der Waals surface area contributed by atoms with Crippen LogP contribution >= 0.6 is 11.6 Å². The van der Waals surface area contributed by atoms with Crippen LogP contribution in [0.2, 0.25) is 5.02 Å². The summed E-state index contributed by atoms with van der Waals surface area (Å²) in [7, 11) is 0. The van der Waals surface area contributed by atoms with Crippen molar-refractivity contribution in [2.24, 2.45) is 11.8 Å². The van der Waals surface area contributed by atoms with E-state index in [-0.39, 0.29) is 36.0 Å². The van der Waals surface area contributed by atoms with Gasteiger partial charge in [-0.1, -0.05) is 24.6 Å². The van der Waals surface area contributed by atoms with Crippen LogP contribution in [-0.4, -0.2) is 52.8 Å². The van der Waals surface area contributed by atoms with Gasteiger partial charge in [-0.15, -0.1) is 0 Å². The van der Waals surface area contributed by atoms with Gasteiger partial charge in [-0.05, 0) is 54.6 Å². The third kappa shape index (κ3) is 4.84.